The molecule has 1 unspecified atom stereocenters. The van der Waals surface area contributed by atoms with Gasteiger partial charge in [-0.1, -0.05) is 40.5 Å². The topological polar surface area (TPSA) is 14.1 Å². The molecule has 56 valence electrons. The van der Waals surface area contributed by atoms with E-state index in [1.807, 2.05) is 0 Å². The molecule has 1 atom stereocenters. The van der Waals surface area contributed by atoms with Gasteiger partial charge in [0.2, 0.25) is 0 Å². The van der Waals surface area contributed by atoms with Gasteiger partial charge in [-0.15, -0.1) is 12.1 Å². The first-order valence-corrected chi connectivity index (χ1v) is 3.86. The maximum absolute atomic E-state index is 4.47. The SMILES string of the molecule is CCCC(C)[N-]C(C)C.[Na+]. The molecule has 0 saturated carbocycles. The first-order valence-electron chi connectivity index (χ1n) is 3.86. The summed E-state index contributed by atoms with van der Waals surface area (Å²) in [5.41, 5.74) is 0. The molecule has 0 aromatic carbocycles. The van der Waals surface area contributed by atoms with E-state index in [2.05, 4.69) is 33.0 Å². The number of nitrogens with zero attached hydrogens (tertiary/aromatic N) is 1. The fourth-order valence-electron chi connectivity index (χ4n) is 1.00. The summed E-state index contributed by atoms with van der Waals surface area (Å²) in [5.74, 6) is 0. The summed E-state index contributed by atoms with van der Waals surface area (Å²) in [6.07, 6.45) is 2.48. The Morgan fingerprint density at radius 1 is 1.20 bits per heavy atom. The van der Waals surface area contributed by atoms with Crippen molar-refractivity contribution in [2.75, 3.05) is 0 Å². The monoisotopic (exact) mass is 151 g/mol. The fraction of sp³-hybridized carbons (Fsp3) is 1.00. The van der Waals surface area contributed by atoms with Gasteiger partial charge in [-0.05, 0) is 0 Å². The zero-order chi connectivity index (χ0) is 7.28. The average molecular weight is 151 g/mol. The second kappa shape index (κ2) is 8.06. The molecule has 2 heteroatoms. The molecule has 1 nitrogen and oxygen atoms in total. The van der Waals surface area contributed by atoms with Crippen LogP contribution in [-0.4, -0.2) is 12.1 Å². The molecule has 0 aliphatic heterocycles. The molecule has 0 saturated heterocycles. The zero-order valence-corrected chi connectivity index (χ0v) is 10.0. The van der Waals surface area contributed by atoms with Gasteiger partial charge in [0.05, 0.1) is 0 Å². The van der Waals surface area contributed by atoms with E-state index >= 15 is 0 Å². The molecular weight excluding hydrogens is 133 g/mol. The van der Waals surface area contributed by atoms with Gasteiger partial charge in [0.25, 0.3) is 0 Å². The van der Waals surface area contributed by atoms with Crippen LogP contribution in [0.25, 0.3) is 5.32 Å². The van der Waals surface area contributed by atoms with Crippen molar-refractivity contribution in [3.63, 3.8) is 0 Å². The molecule has 0 rings (SSSR count). The average Bonchev–Trinajstić information content (AvgIpc) is 1.63. The van der Waals surface area contributed by atoms with Crippen LogP contribution in [0.2, 0.25) is 0 Å². The molecule has 0 aromatic rings. The van der Waals surface area contributed by atoms with E-state index in [0.29, 0.717) is 12.1 Å². The standard InChI is InChI=1S/C8H18N.Na/c1-5-6-8(4)9-7(2)3;/h7-8H,5-6H2,1-4H3;/q-1;+1. The van der Waals surface area contributed by atoms with E-state index < -0.39 is 0 Å². The Kier molecular flexibility index (Phi) is 10.9. The van der Waals surface area contributed by atoms with Crippen LogP contribution in [-0.2, 0) is 0 Å². The van der Waals surface area contributed by atoms with E-state index in [1.54, 1.807) is 0 Å². The van der Waals surface area contributed by atoms with Crippen LogP contribution in [0, 0.1) is 0 Å². The van der Waals surface area contributed by atoms with Crippen molar-refractivity contribution in [3.05, 3.63) is 5.32 Å². The molecule has 0 aromatic heterocycles. The third kappa shape index (κ3) is 8.96. The number of rotatable bonds is 4. The van der Waals surface area contributed by atoms with Crippen LogP contribution in [0.5, 0.6) is 0 Å². The minimum absolute atomic E-state index is 0. The van der Waals surface area contributed by atoms with Crippen LogP contribution in [0.4, 0.5) is 0 Å². The summed E-state index contributed by atoms with van der Waals surface area (Å²) < 4.78 is 0. The minimum Gasteiger partial charge on any atom is -0.657 e. The van der Waals surface area contributed by atoms with Gasteiger partial charge >= 0.3 is 29.6 Å². The summed E-state index contributed by atoms with van der Waals surface area (Å²) in [6.45, 7) is 8.65. The van der Waals surface area contributed by atoms with E-state index in [9.17, 15) is 0 Å². The van der Waals surface area contributed by atoms with Crippen molar-refractivity contribution in [2.24, 2.45) is 0 Å². The van der Waals surface area contributed by atoms with Gasteiger partial charge in [0, 0.05) is 0 Å². The Hall–Kier alpha value is 0.960. The summed E-state index contributed by atoms with van der Waals surface area (Å²) in [7, 11) is 0. The first-order chi connectivity index (χ1) is 4.16. The van der Waals surface area contributed by atoms with Gasteiger partial charge in [-0.25, -0.2) is 0 Å². The first kappa shape index (κ1) is 13.5. The third-order valence-electron chi connectivity index (χ3n) is 1.26. The quantitative estimate of drug-likeness (QED) is 0.501. The number of hydrogen-bond donors (Lipinski definition) is 0. The summed E-state index contributed by atoms with van der Waals surface area (Å²) in [6, 6.07) is 1.07. The predicted octanol–water partition coefficient (Wildman–Crippen LogP) is -0.0389. The van der Waals surface area contributed by atoms with Gasteiger partial charge in [0.1, 0.15) is 0 Å². The summed E-state index contributed by atoms with van der Waals surface area (Å²) in [4.78, 5) is 0. The molecule has 0 N–H and O–H groups in total. The second-order valence-corrected chi connectivity index (χ2v) is 2.88. The van der Waals surface area contributed by atoms with Crippen LogP contribution in [0.3, 0.4) is 0 Å². The molecule has 0 heterocycles. The zero-order valence-electron chi connectivity index (χ0n) is 8.02. The van der Waals surface area contributed by atoms with Crippen LogP contribution < -0.4 is 29.6 Å². The molecule has 0 aliphatic carbocycles. The van der Waals surface area contributed by atoms with Crippen molar-refractivity contribution >= 4 is 0 Å². The van der Waals surface area contributed by atoms with Gasteiger partial charge in [-0.3, -0.25) is 0 Å². The molecule has 0 bridgehead atoms. The molecule has 0 fully saturated rings. The number of hydrogen-bond acceptors (Lipinski definition) is 0. The van der Waals surface area contributed by atoms with Gasteiger partial charge in [0.15, 0.2) is 0 Å². The molecule has 10 heavy (non-hydrogen) atoms. The van der Waals surface area contributed by atoms with Crippen molar-refractivity contribution in [1.82, 2.24) is 0 Å². The Labute approximate surface area is 87.3 Å². The maximum atomic E-state index is 4.47. The smallest absolute Gasteiger partial charge is 0.657 e. The Balaban J connectivity index is 0. The normalized spacial score (nSPS) is 12.9. The van der Waals surface area contributed by atoms with Crippen molar-refractivity contribution in [3.8, 4) is 0 Å². The molecule has 0 radical (unpaired) electrons. The summed E-state index contributed by atoms with van der Waals surface area (Å²) >= 11 is 0. The summed E-state index contributed by atoms with van der Waals surface area (Å²) in [5, 5.41) is 4.47. The molecule has 0 amide bonds. The van der Waals surface area contributed by atoms with Crippen molar-refractivity contribution < 1.29 is 29.6 Å². The largest absolute Gasteiger partial charge is 1.00 e. The van der Waals surface area contributed by atoms with E-state index in [1.165, 1.54) is 12.8 Å². The second-order valence-electron chi connectivity index (χ2n) is 2.88. The Bertz CT molecular complexity index is 64.3. The third-order valence-corrected chi connectivity index (χ3v) is 1.26. The fourth-order valence-corrected chi connectivity index (χ4v) is 1.00. The van der Waals surface area contributed by atoms with Crippen LogP contribution in [0.1, 0.15) is 40.5 Å². The molecular formula is C8H18NNa. The van der Waals surface area contributed by atoms with Gasteiger partial charge < -0.3 is 5.32 Å². The Morgan fingerprint density at radius 2 is 1.70 bits per heavy atom. The maximum Gasteiger partial charge on any atom is 1.00 e. The van der Waals surface area contributed by atoms with Crippen LogP contribution >= 0.6 is 0 Å². The van der Waals surface area contributed by atoms with Crippen molar-refractivity contribution in [2.45, 2.75) is 52.6 Å². The van der Waals surface area contributed by atoms with E-state index in [0.717, 1.165) is 0 Å². The van der Waals surface area contributed by atoms with Crippen molar-refractivity contribution in [1.29, 1.82) is 0 Å². The van der Waals surface area contributed by atoms with E-state index in [4.69, 9.17) is 0 Å². The van der Waals surface area contributed by atoms with Crippen LogP contribution in [0.15, 0.2) is 0 Å². The molecule has 0 spiro atoms. The predicted molar refractivity (Wildman–Crippen MR) is 42.9 cm³/mol. The van der Waals surface area contributed by atoms with E-state index in [-0.39, 0.29) is 29.6 Å². The minimum atomic E-state index is 0. The van der Waals surface area contributed by atoms with Gasteiger partial charge in [-0.2, -0.15) is 0 Å². The Morgan fingerprint density at radius 3 is 2.00 bits per heavy atom. The molecule has 0 aliphatic rings.